The van der Waals surface area contributed by atoms with Crippen LogP contribution in [0.2, 0.25) is 17.4 Å². The number of carbonyl (C=O) groups is 7. The Kier molecular flexibility index (Phi) is 46.5. The number of hydrogen-bond acceptors (Lipinski definition) is 20. The molecule has 2 aromatic heterocycles. The van der Waals surface area contributed by atoms with Crippen LogP contribution in [0.15, 0.2) is 279 Å². The van der Waals surface area contributed by atoms with Gasteiger partial charge in [-0.3, -0.25) is 18.9 Å². The highest BCUT2D eigenvalue weighted by Crippen LogP contribution is 2.61. The Morgan fingerprint density at radius 3 is 0.966 bits per heavy atom. The topological polar surface area (TPSA) is 464 Å². The molecule has 10 aromatic carbocycles. The normalized spacial score (nSPS) is 9.59. The first-order valence-electron chi connectivity index (χ1n) is 34.9. The zero-order chi connectivity index (χ0) is 83.2. The number of esters is 3. The van der Waals surface area contributed by atoms with E-state index in [1.807, 2.05) is 118 Å². The van der Waals surface area contributed by atoms with Crippen molar-refractivity contribution in [3.05, 3.63) is 346 Å². The van der Waals surface area contributed by atoms with E-state index in [1.54, 1.807) is 158 Å². The quantitative estimate of drug-likeness (QED) is 0.0168. The van der Waals surface area contributed by atoms with Crippen LogP contribution in [-0.4, -0.2) is 92.2 Å². The number of hydrogen-bond donors (Lipinski definition) is 11. The van der Waals surface area contributed by atoms with Gasteiger partial charge in [-0.25, -0.2) is 29.1 Å². The van der Waals surface area contributed by atoms with E-state index < -0.39 is 29.1 Å². The highest BCUT2D eigenvalue weighted by atomic mass is 36.0. The number of carboxylic acids is 1. The van der Waals surface area contributed by atoms with Gasteiger partial charge in [-0.05, 0) is 227 Å². The number of rotatable bonds is 13. The van der Waals surface area contributed by atoms with Gasteiger partial charge < -0.3 is 77.1 Å². The molecule has 117 heavy (non-hydrogen) atoms. The van der Waals surface area contributed by atoms with Gasteiger partial charge >= 0.3 is 29.1 Å². The first-order valence-corrected chi connectivity index (χ1v) is 42.8. The summed E-state index contributed by atoms with van der Waals surface area (Å²) in [6, 6.07) is 80.6. The minimum Gasteiger partial charge on any atom is -0.478 e. The van der Waals surface area contributed by atoms with Crippen LogP contribution in [0.25, 0.3) is 33.4 Å². The maximum Gasteiger partial charge on any atom is 0.339 e. The second-order valence-electron chi connectivity index (χ2n) is 25.2. The van der Waals surface area contributed by atoms with Gasteiger partial charge in [-0.15, -0.1) is 17.4 Å². The Morgan fingerprint density at radius 1 is 0.368 bits per heavy atom. The molecule has 0 saturated heterocycles. The SMILES string of the molecule is COC(=O)c1ccccc1N.COC(=O)c1ccccc1N.COC(=O)c1ccccc1NC(=O)c1ccc(-c2ccccc2C)cc1.Cc1ccc(N)nc1.Cc1ccc(NC(=O)c2ccccc2NC(=O)c2ccc(-c3ccccc3C)cc2)nc1.Cc1ccccc1-c1ccc(C(=O)O)cc1.N.N.N.N.O=P(Cl)(Cl)Cl.[CH3][Al]([CH3])[CH3]. The number of halogens is 3. The molecular formula is C88H101AlCl3N12O12P. The van der Waals surface area contributed by atoms with Crippen molar-refractivity contribution in [1.29, 1.82) is 0 Å². The maximum absolute atomic E-state index is 12.8. The Balaban J connectivity index is 0.000000720. The summed E-state index contributed by atoms with van der Waals surface area (Å²) in [6.45, 7) is 10.1. The van der Waals surface area contributed by atoms with Crippen LogP contribution in [0.3, 0.4) is 0 Å². The molecule has 29 heteroatoms. The van der Waals surface area contributed by atoms with Gasteiger partial charge in [-0.2, -0.15) is 0 Å². The average molecular weight is 1680 g/mol. The number of ether oxygens (including phenoxy) is 3. The number of aryl methyl sites for hydroxylation is 5. The minimum atomic E-state index is -3.22. The van der Waals surface area contributed by atoms with Crippen molar-refractivity contribution in [2.75, 3.05) is 54.5 Å². The van der Waals surface area contributed by atoms with Crippen molar-refractivity contribution < 1.29 is 57.4 Å². The van der Waals surface area contributed by atoms with Crippen LogP contribution in [0, 0.1) is 34.6 Å². The zero-order valence-electron chi connectivity index (χ0n) is 67.1. The lowest BCUT2D eigenvalue weighted by atomic mass is 9.99. The standard InChI is InChI=1S/C27H23N3O2.C22H19NO3.C14H12O2.2C8H9NO2.C6H8N2.3CH3.Al.Cl3OP.4H3N/c1-18-11-16-25(28-17-18)30-27(32)23-9-5-6-10-24(23)29-26(31)21-14-12-20(13-15-21)22-8-4-3-7-19(22)2;1-15-7-3-4-8-18(15)16-11-13-17(14-12-16)21(24)23-20-10-6-5-9-19(20)22(25)26-2;1-10-4-2-3-5-13(10)11-6-8-12(9-7-11)14(15)16;2*1-11-8(10)6-4-2-3-5-7(6)9;1-5-2-3-6(7)8-4-5;;;;;1-5(2,3)4;;;;/h3-17H,1-2H3,(H,29,31)(H,28,30,32);3-14H,1-2H3,(H,23,24);2-9H,1H3,(H,15,16);2*2-5H,9H2,1H3;2-4H,1H3,(H2,7,8);3*1H3;;;4*1H3. The lowest BCUT2D eigenvalue weighted by molar-refractivity contribution is 0.0593. The third-order valence-electron chi connectivity index (χ3n) is 15.6. The molecule has 0 bridgehead atoms. The molecule has 24 nitrogen and oxygen atoms in total. The number of carbonyl (C=O) groups excluding carboxylic acids is 6. The number of para-hydroxylation sites is 4. The Morgan fingerprint density at radius 2 is 0.658 bits per heavy atom. The average Bonchev–Trinajstić information content (AvgIpc) is 0.830. The number of amides is 3. The number of nitrogens with one attached hydrogen (secondary N) is 3. The Labute approximate surface area is 702 Å². The van der Waals surface area contributed by atoms with Crippen molar-refractivity contribution in [2.45, 2.75) is 52.0 Å². The zero-order valence-corrected chi connectivity index (χ0v) is 71.4. The summed E-state index contributed by atoms with van der Waals surface area (Å²) in [4.78, 5) is 90.6. The number of methoxy groups -OCH3 is 3. The van der Waals surface area contributed by atoms with E-state index in [9.17, 15) is 38.1 Å². The third kappa shape index (κ3) is 35.9. The molecule has 0 unspecified atom stereocenters. The molecule has 0 spiro atoms. The van der Waals surface area contributed by atoms with E-state index in [-0.39, 0.29) is 56.5 Å². The molecule has 614 valence electrons. The molecule has 0 radical (unpaired) electrons. The molecule has 0 aliphatic carbocycles. The molecule has 0 saturated carbocycles. The molecule has 2 heterocycles. The van der Waals surface area contributed by atoms with Gasteiger partial charge in [0.1, 0.15) is 11.6 Å². The molecule has 0 fully saturated rings. The van der Waals surface area contributed by atoms with Crippen LogP contribution in [-0.2, 0) is 18.8 Å². The first kappa shape index (κ1) is 103. The fourth-order valence-electron chi connectivity index (χ4n) is 9.93. The number of nitrogens with zero attached hydrogens (tertiary/aromatic N) is 2. The molecule has 0 aliphatic heterocycles. The van der Waals surface area contributed by atoms with Crippen molar-refractivity contribution in [2.24, 2.45) is 0 Å². The number of pyridine rings is 2. The van der Waals surface area contributed by atoms with Crippen LogP contribution < -0.4 is 57.8 Å². The Bertz CT molecular complexity index is 5100. The van der Waals surface area contributed by atoms with Crippen molar-refractivity contribution >= 4 is 129 Å². The van der Waals surface area contributed by atoms with E-state index in [1.165, 1.54) is 38.0 Å². The van der Waals surface area contributed by atoms with E-state index >= 15 is 0 Å². The number of carboxylic acid groups (broad SMARTS) is 1. The van der Waals surface area contributed by atoms with Gasteiger partial charge in [-0.1, -0.05) is 170 Å². The van der Waals surface area contributed by atoms with Crippen LogP contribution in [0.4, 0.5) is 34.4 Å². The molecule has 12 rings (SSSR count). The maximum atomic E-state index is 12.8. The van der Waals surface area contributed by atoms with E-state index in [2.05, 4.69) is 125 Å². The molecule has 0 atom stereocenters. The number of nitrogen functional groups attached to an aromatic ring is 3. The van der Waals surface area contributed by atoms with Crippen LogP contribution in [0.5, 0.6) is 0 Å². The first-order chi connectivity index (χ1) is 53.8. The number of aromatic nitrogens is 2. The highest BCUT2D eigenvalue weighted by molar-refractivity contribution is 8.24. The second kappa shape index (κ2) is 52.9. The molecular weight excluding hydrogens is 1580 g/mol. The van der Waals surface area contributed by atoms with Gasteiger partial charge in [0.2, 0.25) is 0 Å². The minimum absolute atomic E-state index is 0. The predicted octanol–water partition coefficient (Wildman–Crippen LogP) is 21.8. The smallest absolute Gasteiger partial charge is 0.339 e. The third-order valence-corrected chi connectivity index (χ3v) is 15.6. The predicted molar refractivity (Wildman–Crippen MR) is 480 cm³/mol. The number of aromatic carboxylic acids is 1. The lowest BCUT2D eigenvalue weighted by Gasteiger charge is -2.12. The van der Waals surface area contributed by atoms with Gasteiger partial charge in [0.05, 0.1) is 60.5 Å². The van der Waals surface area contributed by atoms with Gasteiger partial charge in [0.25, 0.3) is 31.9 Å². The van der Waals surface area contributed by atoms with Gasteiger partial charge in [0.15, 0.2) is 0 Å². The summed E-state index contributed by atoms with van der Waals surface area (Å²) in [6.07, 6.45) is 3.43. The summed E-state index contributed by atoms with van der Waals surface area (Å²) in [5.74, 6) is 4.86. The second-order valence-corrected chi connectivity index (χ2v) is 35.3. The van der Waals surface area contributed by atoms with Crippen molar-refractivity contribution in [3.63, 3.8) is 0 Å². The highest BCUT2D eigenvalue weighted by Gasteiger charge is 2.18. The molecule has 12 aromatic rings. The Hall–Kier alpha value is -12.3. The molecule has 0 aliphatic rings. The van der Waals surface area contributed by atoms with E-state index in [0.717, 1.165) is 44.5 Å². The molecule has 3 amide bonds. The van der Waals surface area contributed by atoms with Crippen LogP contribution >= 0.6 is 38.9 Å². The summed E-state index contributed by atoms with van der Waals surface area (Å²) in [5.41, 5.74) is 33.1. The fourth-order valence-corrected chi connectivity index (χ4v) is 9.93. The summed E-state index contributed by atoms with van der Waals surface area (Å²) >= 11 is 13.7. The van der Waals surface area contributed by atoms with Crippen molar-refractivity contribution in [3.8, 4) is 33.4 Å². The fraction of sp³-hybridized carbons (Fsp3) is 0.125. The molecule has 22 N–H and O–H groups in total. The summed E-state index contributed by atoms with van der Waals surface area (Å²) in [7, 11) is 3.97. The summed E-state index contributed by atoms with van der Waals surface area (Å²) < 4.78 is 23.3. The number of nitrogens with two attached hydrogens (primary N) is 3. The van der Waals surface area contributed by atoms with Gasteiger partial charge in [0, 0.05) is 34.9 Å². The number of anilines is 6. The largest absolute Gasteiger partial charge is 0.478 e. The van der Waals surface area contributed by atoms with Crippen LogP contribution in [0.1, 0.15) is 100 Å². The van der Waals surface area contributed by atoms with E-state index in [0.29, 0.717) is 73.3 Å². The van der Waals surface area contributed by atoms with E-state index in [4.69, 9.17) is 27.0 Å². The van der Waals surface area contributed by atoms with Crippen molar-refractivity contribution in [1.82, 2.24) is 34.6 Å². The number of benzene rings is 10. The summed E-state index contributed by atoms with van der Waals surface area (Å²) in [5, 5.41) is 14.0. The lowest BCUT2D eigenvalue weighted by Crippen LogP contribution is -2.18. The monoisotopic (exact) mass is 1680 g/mol.